The predicted molar refractivity (Wildman–Crippen MR) is 109 cm³/mol. The molecule has 2 aromatic carbocycles. The predicted octanol–water partition coefficient (Wildman–Crippen LogP) is 5.32. The number of ether oxygens (including phenoxy) is 2. The van der Waals surface area contributed by atoms with E-state index in [0.29, 0.717) is 34.6 Å². The molecule has 12 heteroatoms. The van der Waals surface area contributed by atoms with Crippen LogP contribution in [0.1, 0.15) is 16.7 Å². The number of carboxylic acids is 1. The van der Waals surface area contributed by atoms with Gasteiger partial charge in [0.25, 0.3) is 5.71 Å². The first kappa shape index (κ1) is 23.0. The lowest BCUT2D eigenvalue weighted by Gasteiger charge is -2.11. The zero-order valence-electron chi connectivity index (χ0n) is 17.6. The van der Waals surface area contributed by atoms with Gasteiger partial charge in [0.2, 0.25) is 5.89 Å². The molecule has 0 aliphatic heterocycles. The van der Waals surface area contributed by atoms with E-state index < -0.39 is 30.1 Å². The molecule has 34 heavy (non-hydrogen) atoms. The van der Waals surface area contributed by atoms with E-state index in [2.05, 4.69) is 15.0 Å². The highest BCUT2D eigenvalue weighted by atomic mass is 19.4. The molecule has 4 rings (SSSR count). The van der Waals surface area contributed by atoms with Gasteiger partial charge in [0.15, 0.2) is 6.61 Å². The topological polar surface area (TPSA) is 108 Å². The zero-order valence-corrected chi connectivity index (χ0v) is 17.6. The Morgan fingerprint density at radius 3 is 2.47 bits per heavy atom. The van der Waals surface area contributed by atoms with Crippen molar-refractivity contribution >= 4 is 17.2 Å². The molecular weight excluding hydrogens is 462 g/mol. The molecule has 0 bridgehead atoms. The summed E-state index contributed by atoms with van der Waals surface area (Å²) in [6.45, 7) is 2.99. The number of oxazole rings is 1. The van der Waals surface area contributed by atoms with Crippen LogP contribution in [0, 0.1) is 19.7 Å². The van der Waals surface area contributed by atoms with E-state index in [1.54, 1.807) is 26.0 Å². The van der Waals surface area contributed by atoms with Gasteiger partial charge >= 0.3 is 18.2 Å². The molecule has 176 valence electrons. The minimum absolute atomic E-state index is 0.0136. The molecule has 0 radical (unpaired) electrons. The van der Waals surface area contributed by atoms with Crippen LogP contribution in [0.3, 0.4) is 0 Å². The Bertz CT molecular complexity index is 1380. The molecular formula is C22H15F4N3O5. The Morgan fingerprint density at radius 1 is 1.12 bits per heavy atom. The van der Waals surface area contributed by atoms with Crippen LogP contribution in [0.15, 0.2) is 40.9 Å². The van der Waals surface area contributed by atoms with Crippen molar-refractivity contribution in [1.29, 1.82) is 0 Å². The lowest BCUT2D eigenvalue weighted by Crippen LogP contribution is -2.10. The maximum Gasteiger partial charge on any atom is 0.419 e. The summed E-state index contributed by atoms with van der Waals surface area (Å²) in [6.07, 6.45) is -3.62. The van der Waals surface area contributed by atoms with Crippen LogP contribution in [-0.4, -0.2) is 32.6 Å². The molecule has 0 atom stereocenters. The van der Waals surface area contributed by atoms with E-state index in [-0.39, 0.29) is 28.9 Å². The molecule has 0 aliphatic carbocycles. The van der Waals surface area contributed by atoms with Crippen molar-refractivity contribution in [3.05, 3.63) is 59.0 Å². The first-order chi connectivity index (χ1) is 16.0. The van der Waals surface area contributed by atoms with E-state index >= 15 is 0 Å². The lowest BCUT2D eigenvalue weighted by molar-refractivity contribution is -0.140. The molecule has 0 aliphatic rings. The van der Waals surface area contributed by atoms with Crippen molar-refractivity contribution < 1.29 is 41.4 Å². The number of carboxylic acid groups (broad SMARTS) is 1. The van der Waals surface area contributed by atoms with Gasteiger partial charge < -0.3 is 19.0 Å². The molecule has 4 aromatic rings. The fourth-order valence-corrected chi connectivity index (χ4v) is 3.22. The Labute approximate surface area is 188 Å². The molecule has 0 spiro atoms. The maximum absolute atomic E-state index is 13.5. The number of alkyl halides is 3. The van der Waals surface area contributed by atoms with Crippen molar-refractivity contribution in [1.82, 2.24) is 15.0 Å². The second kappa shape index (κ2) is 8.61. The maximum atomic E-state index is 13.5. The summed E-state index contributed by atoms with van der Waals surface area (Å²) in [5.41, 5.74) is 0.676. The summed E-state index contributed by atoms with van der Waals surface area (Å²) in [5, 5.41) is 8.81. The van der Waals surface area contributed by atoms with Crippen LogP contribution >= 0.6 is 0 Å². The van der Waals surface area contributed by atoms with Crippen LogP contribution in [-0.2, 0) is 11.0 Å². The summed E-state index contributed by atoms with van der Waals surface area (Å²) in [5.74, 6) is -2.24. The standard InChI is InChI=1S/C22H15F4N3O5/c1-10-5-12(6-11(2)18(10)32-9-17(30)31)19-28-16-8-27-21(29-20(16)34-19)33-13-3-4-15(23)14(7-13)22(24,25)26/h3-8H,9H2,1-2H3,(H,30,31). The monoisotopic (exact) mass is 477 g/mol. The fraction of sp³-hybridized carbons (Fsp3) is 0.182. The Hall–Kier alpha value is -4.22. The molecule has 0 saturated carbocycles. The third-order valence-corrected chi connectivity index (χ3v) is 4.63. The van der Waals surface area contributed by atoms with Gasteiger partial charge in [-0.3, -0.25) is 0 Å². The molecule has 0 unspecified atom stereocenters. The van der Waals surface area contributed by atoms with Crippen molar-refractivity contribution in [2.45, 2.75) is 20.0 Å². The summed E-state index contributed by atoms with van der Waals surface area (Å²) in [6, 6.07) is 5.23. The van der Waals surface area contributed by atoms with E-state index in [1.807, 2.05) is 0 Å². The first-order valence-electron chi connectivity index (χ1n) is 9.65. The number of fused-ring (bicyclic) bond motifs is 1. The Balaban J connectivity index is 1.62. The highest BCUT2D eigenvalue weighted by Crippen LogP contribution is 2.35. The number of nitrogens with zero attached hydrogens (tertiary/aromatic N) is 3. The van der Waals surface area contributed by atoms with Crippen molar-refractivity contribution in [2.75, 3.05) is 6.61 Å². The van der Waals surface area contributed by atoms with Crippen LogP contribution in [0.5, 0.6) is 17.5 Å². The first-order valence-corrected chi connectivity index (χ1v) is 9.65. The van der Waals surface area contributed by atoms with Gasteiger partial charge in [0, 0.05) is 5.56 Å². The Kier molecular flexibility index (Phi) is 5.82. The molecule has 0 amide bonds. The smallest absolute Gasteiger partial charge is 0.419 e. The second-order valence-electron chi connectivity index (χ2n) is 7.23. The molecule has 0 saturated heterocycles. The number of hydrogen-bond donors (Lipinski definition) is 1. The van der Waals surface area contributed by atoms with E-state index in [4.69, 9.17) is 19.0 Å². The van der Waals surface area contributed by atoms with Gasteiger partial charge in [-0.05, 0) is 55.3 Å². The van der Waals surface area contributed by atoms with Crippen LogP contribution < -0.4 is 9.47 Å². The highest BCUT2D eigenvalue weighted by molar-refractivity contribution is 5.73. The highest BCUT2D eigenvalue weighted by Gasteiger charge is 2.34. The van der Waals surface area contributed by atoms with E-state index in [0.717, 1.165) is 6.07 Å². The molecule has 1 N–H and O–H groups in total. The largest absolute Gasteiger partial charge is 0.481 e. The minimum Gasteiger partial charge on any atom is -0.481 e. The quantitative estimate of drug-likeness (QED) is 0.372. The van der Waals surface area contributed by atoms with Crippen LogP contribution in [0.2, 0.25) is 0 Å². The number of aliphatic carboxylic acids is 1. The number of carbonyl (C=O) groups is 1. The van der Waals surface area contributed by atoms with Gasteiger partial charge in [-0.1, -0.05) is 0 Å². The molecule has 2 heterocycles. The molecule has 0 fully saturated rings. The fourth-order valence-electron chi connectivity index (χ4n) is 3.22. The van der Waals surface area contributed by atoms with Gasteiger partial charge in [-0.15, -0.1) is 0 Å². The summed E-state index contributed by atoms with van der Waals surface area (Å²) in [7, 11) is 0. The number of rotatable bonds is 6. The van der Waals surface area contributed by atoms with Gasteiger partial charge in [0.1, 0.15) is 22.8 Å². The summed E-state index contributed by atoms with van der Waals surface area (Å²) in [4.78, 5) is 23.0. The molecule has 8 nitrogen and oxygen atoms in total. The van der Waals surface area contributed by atoms with Gasteiger partial charge in [0.05, 0.1) is 11.8 Å². The number of aromatic nitrogens is 3. The molecule has 2 aromatic heterocycles. The van der Waals surface area contributed by atoms with E-state index in [9.17, 15) is 22.4 Å². The minimum atomic E-state index is -4.89. The van der Waals surface area contributed by atoms with Crippen molar-refractivity contribution in [2.24, 2.45) is 0 Å². The number of hydrogen-bond acceptors (Lipinski definition) is 7. The Morgan fingerprint density at radius 2 is 1.82 bits per heavy atom. The third-order valence-electron chi connectivity index (χ3n) is 4.63. The van der Waals surface area contributed by atoms with Crippen molar-refractivity contribution in [3.63, 3.8) is 0 Å². The zero-order chi connectivity index (χ0) is 24.6. The normalized spacial score (nSPS) is 11.6. The third kappa shape index (κ3) is 4.75. The van der Waals surface area contributed by atoms with Gasteiger partial charge in [-0.2, -0.15) is 18.2 Å². The van der Waals surface area contributed by atoms with Crippen molar-refractivity contribution in [3.8, 4) is 29.0 Å². The summed E-state index contributed by atoms with van der Waals surface area (Å²) < 4.78 is 68.4. The summed E-state index contributed by atoms with van der Waals surface area (Å²) >= 11 is 0. The second-order valence-corrected chi connectivity index (χ2v) is 7.23. The average Bonchev–Trinajstić information content (AvgIpc) is 3.17. The SMILES string of the molecule is Cc1cc(-c2nc3cnc(Oc4ccc(F)c(C(F)(F)F)c4)nc3o2)cc(C)c1OCC(=O)O. The van der Waals surface area contributed by atoms with Gasteiger partial charge in [-0.25, -0.2) is 19.2 Å². The van der Waals surface area contributed by atoms with Crippen LogP contribution in [0.4, 0.5) is 17.6 Å². The van der Waals surface area contributed by atoms with Crippen LogP contribution in [0.25, 0.3) is 22.7 Å². The number of halogens is 4. The number of benzene rings is 2. The lowest BCUT2D eigenvalue weighted by atomic mass is 10.1. The number of aryl methyl sites for hydroxylation is 2. The van der Waals surface area contributed by atoms with E-state index in [1.165, 1.54) is 6.20 Å². The average molecular weight is 477 g/mol.